The van der Waals surface area contributed by atoms with Gasteiger partial charge >= 0.3 is 0 Å². The molecule has 48 heavy (non-hydrogen) atoms. The first-order valence-electron chi connectivity index (χ1n) is 16.4. The smallest absolute Gasteiger partial charge is 0.0468 e. The zero-order valence-electron chi connectivity index (χ0n) is 26.1. The average Bonchev–Trinajstić information content (AvgIpc) is 3.54. The first kappa shape index (κ1) is 27.2. The predicted octanol–water partition coefficient (Wildman–Crippen LogP) is 13.8. The van der Waals surface area contributed by atoms with Crippen LogP contribution in [0, 0.1) is 0 Å². The second-order valence-corrected chi connectivity index (χ2v) is 13.5. The van der Waals surface area contributed by atoms with Crippen molar-refractivity contribution in [3.8, 4) is 11.1 Å². The number of benzene rings is 9. The Labute approximate surface area is 282 Å². The molecular formula is C46H29NS. The molecule has 0 aliphatic rings. The molecule has 0 aliphatic heterocycles. The van der Waals surface area contributed by atoms with Crippen molar-refractivity contribution in [3.05, 3.63) is 176 Å². The Hall–Kier alpha value is -5.96. The largest absolute Gasteiger partial charge is 0.310 e. The molecule has 0 saturated carbocycles. The van der Waals surface area contributed by atoms with Crippen LogP contribution in [0.25, 0.3) is 74.4 Å². The Morgan fingerprint density at radius 3 is 1.69 bits per heavy atom. The number of thiophene rings is 1. The van der Waals surface area contributed by atoms with Gasteiger partial charge in [0, 0.05) is 42.6 Å². The lowest BCUT2D eigenvalue weighted by Gasteiger charge is -2.25. The van der Waals surface area contributed by atoms with E-state index in [-0.39, 0.29) is 0 Å². The zero-order chi connectivity index (χ0) is 31.6. The second kappa shape index (κ2) is 10.8. The van der Waals surface area contributed by atoms with Gasteiger partial charge in [-0.3, -0.25) is 0 Å². The third kappa shape index (κ3) is 4.17. The maximum atomic E-state index is 2.42. The summed E-state index contributed by atoms with van der Waals surface area (Å²) in [4.78, 5) is 2.36. The van der Waals surface area contributed by atoms with E-state index in [1.807, 2.05) is 11.3 Å². The van der Waals surface area contributed by atoms with E-state index in [0.29, 0.717) is 0 Å². The van der Waals surface area contributed by atoms with E-state index in [2.05, 4.69) is 181 Å². The molecule has 10 rings (SSSR count). The molecule has 1 heterocycles. The fourth-order valence-electron chi connectivity index (χ4n) is 7.64. The zero-order valence-corrected chi connectivity index (χ0v) is 26.9. The number of fused-ring (bicyclic) bond motifs is 11. The molecule has 0 unspecified atom stereocenters. The van der Waals surface area contributed by atoms with Gasteiger partial charge in [-0.05, 0) is 103 Å². The van der Waals surface area contributed by atoms with Crippen molar-refractivity contribution in [2.75, 3.05) is 4.90 Å². The molecule has 0 aliphatic carbocycles. The topological polar surface area (TPSA) is 3.24 Å². The van der Waals surface area contributed by atoms with Crippen LogP contribution in [0.3, 0.4) is 0 Å². The van der Waals surface area contributed by atoms with Crippen molar-refractivity contribution in [1.82, 2.24) is 0 Å². The highest BCUT2D eigenvalue weighted by Gasteiger charge is 2.21. The third-order valence-corrected chi connectivity index (χ3v) is 10.9. The van der Waals surface area contributed by atoms with E-state index in [0.717, 1.165) is 17.1 Å². The number of para-hydroxylation sites is 2. The van der Waals surface area contributed by atoms with Crippen LogP contribution in [0.15, 0.2) is 176 Å². The highest BCUT2D eigenvalue weighted by Crippen LogP contribution is 2.50. The standard InChI is InChI=1S/C46H29NS/c1-3-16-34(17-4-1)47(35-18-5-2-6-19-35)36-25-26-42-41(29-36)44-39-22-12-11-21-38(39)43-37-20-10-9-15-32(37)28-40(45(43)46(44)48-42)33-24-23-30-13-7-8-14-31(30)27-33/h1-29H. The predicted molar refractivity (Wildman–Crippen MR) is 209 cm³/mol. The van der Waals surface area contributed by atoms with E-state index in [1.54, 1.807) is 0 Å². The van der Waals surface area contributed by atoms with E-state index in [9.17, 15) is 0 Å². The molecular weight excluding hydrogens is 599 g/mol. The molecule has 0 bridgehead atoms. The number of nitrogens with zero attached hydrogens (tertiary/aromatic N) is 1. The minimum atomic E-state index is 1.14. The van der Waals surface area contributed by atoms with Crippen LogP contribution in [0.1, 0.15) is 0 Å². The maximum Gasteiger partial charge on any atom is 0.0468 e. The summed E-state index contributed by atoms with van der Waals surface area (Å²) in [6, 6.07) is 64.3. The second-order valence-electron chi connectivity index (χ2n) is 12.5. The highest BCUT2D eigenvalue weighted by molar-refractivity contribution is 7.27. The van der Waals surface area contributed by atoms with Gasteiger partial charge in [0.1, 0.15) is 0 Å². The molecule has 2 heteroatoms. The van der Waals surface area contributed by atoms with Crippen molar-refractivity contribution >= 4 is 91.7 Å². The molecule has 0 saturated heterocycles. The quantitative estimate of drug-likeness (QED) is 0.176. The van der Waals surface area contributed by atoms with E-state index >= 15 is 0 Å². The first-order valence-corrected chi connectivity index (χ1v) is 17.3. The van der Waals surface area contributed by atoms with Crippen LogP contribution in [-0.4, -0.2) is 0 Å². The minimum absolute atomic E-state index is 1.14. The highest BCUT2D eigenvalue weighted by atomic mass is 32.1. The Morgan fingerprint density at radius 2 is 0.958 bits per heavy atom. The number of rotatable bonds is 4. The first-order chi connectivity index (χ1) is 23.8. The maximum absolute atomic E-state index is 2.42. The molecule has 0 N–H and O–H groups in total. The van der Waals surface area contributed by atoms with Crippen LogP contribution in [-0.2, 0) is 0 Å². The SMILES string of the molecule is c1ccc(N(c2ccccc2)c2ccc3sc4c5c(-c6ccc7ccccc7c6)cc6ccccc6c5c5ccccc5c4c3c2)cc1. The lowest BCUT2D eigenvalue weighted by atomic mass is 9.88. The van der Waals surface area contributed by atoms with Gasteiger partial charge in [0.2, 0.25) is 0 Å². The third-order valence-electron chi connectivity index (χ3n) is 9.76. The Morgan fingerprint density at radius 1 is 0.354 bits per heavy atom. The van der Waals surface area contributed by atoms with Crippen molar-refractivity contribution in [3.63, 3.8) is 0 Å². The summed E-state index contributed by atoms with van der Waals surface area (Å²) in [5.41, 5.74) is 5.97. The molecule has 1 aromatic heterocycles. The van der Waals surface area contributed by atoms with Crippen LogP contribution in [0.4, 0.5) is 17.1 Å². The van der Waals surface area contributed by atoms with Gasteiger partial charge in [-0.2, -0.15) is 0 Å². The van der Waals surface area contributed by atoms with E-state index in [1.165, 1.54) is 74.4 Å². The number of hydrogen-bond acceptors (Lipinski definition) is 2. The summed E-state index contributed by atoms with van der Waals surface area (Å²) < 4.78 is 2.64. The van der Waals surface area contributed by atoms with Gasteiger partial charge < -0.3 is 4.90 Å². The van der Waals surface area contributed by atoms with Gasteiger partial charge in [0.05, 0.1) is 0 Å². The van der Waals surface area contributed by atoms with Crippen LogP contribution >= 0.6 is 11.3 Å². The summed E-state index contributed by atoms with van der Waals surface area (Å²) in [6.07, 6.45) is 0. The van der Waals surface area contributed by atoms with Crippen LogP contribution < -0.4 is 4.90 Å². The Bertz CT molecular complexity index is 2790. The van der Waals surface area contributed by atoms with Crippen LogP contribution in [0.5, 0.6) is 0 Å². The fourth-order valence-corrected chi connectivity index (χ4v) is 8.90. The average molecular weight is 628 g/mol. The Kier molecular flexibility index (Phi) is 6.12. The molecule has 0 fully saturated rings. The summed E-state index contributed by atoms with van der Waals surface area (Å²) in [7, 11) is 0. The van der Waals surface area contributed by atoms with Gasteiger partial charge in [-0.15, -0.1) is 11.3 Å². The van der Waals surface area contributed by atoms with Gasteiger partial charge in [0.15, 0.2) is 0 Å². The van der Waals surface area contributed by atoms with Gasteiger partial charge in [-0.1, -0.05) is 121 Å². The molecule has 0 atom stereocenters. The molecule has 0 amide bonds. The van der Waals surface area contributed by atoms with Crippen molar-refractivity contribution in [2.24, 2.45) is 0 Å². The molecule has 1 nitrogen and oxygen atoms in total. The summed E-state index contributed by atoms with van der Waals surface area (Å²) in [6.45, 7) is 0. The fraction of sp³-hybridized carbons (Fsp3) is 0. The lowest BCUT2D eigenvalue weighted by Crippen LogP contribution is -2.09. The van der Waals surface area contributed by atoms with Gasteiger partial charge in [-0.25, -0.2) is 0 Å². The van der Waals surface area contributed by atoms with Crippen molar-refractivity contribution in [1.29, 1.82) is 0 Å². The number of anilines is 3. The molecule has 0 spiro atoms. The lowest BCUT2D eigenvalue weighted by molar-refractivity contribution is 1.29. The number of hydrogen-bond donors (Lipinski definition) is 0. The molecule has 0 radical (unpaired) electrons. The van der Waals surface area contributed by atoms with Crippen LogP contribution in [0.2, 0.25) is 0 Å². The molecule has 224 valence electrons. The summed E-state index contributed by atoms with van der Waals surface area (Å²) in [5, 5.41) is 13.0. The van der Waals surface area contributed by atoms with Crippen molar-refractivity contribution < 1.29 is 0 Å². The van der Waals surface area contributed by atoms with Gasteiger partial charge in [0.25, 0.3) is 0 Å². The molecule has 9 aromatic carbocycles. The monoisotopic (exact) mass is 627 g/mol. The van der Waals surface area contributed by atoms with E-state index in [4.69, 9.17) is 0 Å². The molecule has 10 aromatic rings. The normalized spacial score (nSPS) is 11.8. The summed E-state index contributed by atoms with van der Waals surface area (Å²) >= 11 is 1.92. The minimum Gasteiger partial charge on any atom is -0.310 e. The summed E-state index contributed by atoms with van der Waals surface area (Å²) in [5.74, 6) is 0. The van der Waals surface area contributed by atoms with E-state index < -0.39 is 0 Å². The Balaban J connectivity index is 1.35. The van der Waals surface area contributed by atoms with Crippen molar-refractivity contribution in [2.45, 2.75) is 0 Å².